The molecule has 114 valence electrons. The van der Waals surface area contributed by atoms with Gasteiger partial charge in [0.2, 0.25) is 0 Å². The number of nitrogens with one attached hydrogen (secondary N) is 1. The second-order valence-electron chi connectivity index (χ2n) is 4.96. The summed E-state index contributed by atoms with van der Waals surface area (Å²) in [7, 11) is 0. The number of hydrogen-bond donors (Lipinski definition) is 1. The van der Waals surface area contributed by atoms with Crippen LogP contribution < -0.4 is 5.32 Å². The quantitative estimate of drug-likeness (QED) is 0.624. The molecule has 6 nitrogen and oxygen atoms in total. The monoisotopic (exact) mass is 324 g/mol. The van der Waals surface area contributed by atoms with Gasteiger partial charge in [0.05, 0.1) is 22.3 Å². The van der Waals surface area contributed by atoms with Crippen molar-refractivity contribution >= 4 is 33.1 Å². The molecular formula is C16H12N4O2S. The number of thiazole rings is 1. The first-order valence-corrected chi connectivity index (χ1v) is 7.87. The molecule has 0 fully saturated rings. The van der Waals surface area contributed by atoms with Crippen LogP contribution in [0.5, 0.6) is 0 Å². The summed E-state index contributed by atoms with van der Waals surface area (Å²) in [6.07, 6.45) is 3.54. The Morgan fingerprint density at radius 2 is 2.26 bits per heavy atom. The Morgan fingerprint density at radius 1 is 1.30 bits per heavy atom. The summed E-state index contributed by atoms with van der Waals surface area (Å²) in [5.74, 6) is 0.658. The van der Waals surface area contributed by atoms with Crippen LogP contribution >= 0.6 is 11.3 Å². The maximum absolute atomic E-state index is 12.3. The van der Waals surface area contributed by atoms with Gasteiger partial charge in [-0.2, -0.15) is 5.10 Å². The average Bonchev–Trinajstić information content (AvgIpc) is 3.28. The summed E-state index contributed by atoms with van der Waals surface area (Å²) >= 11 is 1.57. The van der Waals surface area contributed by atoms with Crippen molar-refractivity contribution in [3.05, 3.63) is 65.8 Å². The van der Waals surface area contributed by atoms with Gasteiger partial charge in [0.15, 0.2) is 5.76 Å². The number of amides is 1. The number of rotatable bonds is 4. The molecule has 0 spiro atoms. The molecule has 3 heterocycles. The topological polar surface area (TPSA) is 73.0 Å². The Hall–Kier alpha value is -2.93. The molecule has 0 bridgehead atoms. The fourth-order valence-corrected chi connectivity index (χ4v) is 2.93. The predicted molar refractivity (Wildman–Crippen MR) is 87.6 cm³/mol. The van der Waals surface area contributed by atoms with Crippen molar-refractivity contribution in [2.75, 3.05) is 5.32 Å². The number of furan rings is 1. The molecule has 0 unspecified atom stereocenters. The predicted octanol–water partition coefficient (Wildman–Crippen LogP) is 3.39. The van der Waals surface area contributed by atoms with Gasteiger partial charge in [-0.25, -0.2) is 4.98 Å². The SMILES string of the molecule is O=C(Nc1ccc2scnc2c1)c1ccc(Cn2cccn2)o1. The second kappa shape index (κ2) is 5.69. The first kappa shape index (κ1) is 13.7. The van der Waals surface area contributed by atoms with E-state index in [0.717, 1.165) is 10.2 Å². The number of fused-ring (bicyclic) bond motifs is 1. The van der Waals surface area contributed by atoms with Gasteiger partial charge >= 0.3 is 0 Å². The highest BCUT2D eigenvalue weighted by molar-refractivity contribution is 7.16. The van der Waals surface area contributed by atoms with Gasteiger partial charge < -0.3 is 9.73 Å². The Balaban J connectivity index is 1.49. The normalized spacial score (nSPS) is 11.0. The Kier molecular flexibility index (Phi) is 3.39. The van der Waals surface area contributed by atoms with Crippen molar-refractivity contribution in [1.82, 2.24) is 14.8 Å². The lowest BCUT2D eigenvalue weighted by Crippen LogP contribution is -2.10. The summed E-state index contributed by atoms with van der Waals surface area (Å²) < 4.78 is 8.40. The number of carbonyl (C=O) groups excluding carboxylic acids is 1. The molecule has 0 saturated heterocycles. The highest BCUT2D eigenvalue weighted by atomic mass is 32.1. The fourth-order valence-electron chi connectivity index (χ4n) is 2.27. The number of anilines is 1. The molecule has 0 aliphatic rings. The highest BCUT2D eigenvalue weighted by Crippen LogP contribution is 2.22. The second-order valence-corrected chi connectivity index (χ2v) is 5.84. The van der Waals surface area contributed by atoms with Crippen LogP contribution in [0.3, 0.4) is 0 Å². The van der Waals surface area contributed by atoms with E-state index in [1.165, 1.54) is 0 Å². The van der Waals surface area contributed by atoms with Crippen LogP contribution in [0.1, 0.15) is 16.3 Å². The molecule has 0 radical (unpaired) electrons. The van der Waals surface area contributed by atoms with E-state index in [9.17, 15) is 4.79 Å². The Labute approximate surface area is 135 Å². The van der Waals surface area contributed by atoms with Gasteiger partial charge in [-0.05, 0) is 36.4 Å². The first-order valence-electron chi connectivity index (χ1n) is 6.99. The standard InChI is InChI=1S/C16H12N4O2S/c21-16(19-11-2-5-15-13(8-11)17-10-23-15)14-4-3-12(22-14)9-20-7-1-6-18-20/h1-8,10H,9H2,(H,19,21). The van der Waals surface area contributed by atoms with Gasteiger partial charge in [-0.15, -0.1) is 11.3 Å². The van der Waals surface area contributed by atoms with E-state index in [1.54, 1.807) is 39.9 Å². The molecule has 0 aliphatic carbocycles. The van der Waals surface area contributed by atoms with Crippen LogP contribution in [0.4, 0.5) is 5.69 Å². The number of benzene rings is 1. The third-order valence-electron chi connectivity index (χ3n) is 3.35. The number of hydrogen-bond acceptors (Lipinski definition) is 5. The van der Waals surface area contributed by atoms with E-state index in [0.29, 0.717) is 18.0 Å². The third-order valence-corrected chi connectivity index (χ3v) is 4.16. The van der Waals surface area contributed by atoms with Gasteiger partial charge in [-0.3, -0.25) is 9.48 Å². The zero-order valence-corrected chi connectivity index (χ0v) is 12.8. The zero-order valence-electron chi connectivity index (χ0n) is 12.0. The molecule has 7 heteroatoms. The lowest BCUT2D eigenvalue weighted by atomic mass is 10.3. The summed E-state index contributed by atoms with van der Waals surface area (Å²) in [6.45, 7) is 0.491. The molecule has 3 aromatic heterocycles. The van der Waals surface area contributed by atoms with E-state index in [4.69, 9.17) is 4.42 Å². The zero-order chi connectivity index (χ0) is 15.6. The molecule has 0 aliphatic heterocycles. The van der Waals surface area contributed by atoms with Crippen molar-refractivity contribution < 1.29 is 9.21 Å². The minimum Gasteiger partial charge on any atom is -0.454 e. The Bertz CT molecular complexity index is 955. The van der Waals surface area contributed by atoms with Crippen LogP contribution in [0.15, 0.2) is 58.7 Å². The van der Waals surface area contributed by atoms with Crippen LogP contribution in [-0.2, 0) is 6.54 Å². The van der Waals surface area contributed by atoms with Crippen molar-refractivity contribution in [3.8, 4) is 0 Å². The van der Waals surface area contributed by atoms with Crippen LogP contribution in [-0.4, -0.2) is 20.7 Å². The summed E-state index contributed by atoms with van der Waals surface area (Å²) in [5, 5.41) is 6.93. The molecule has 1 aromatic carbocycles. The molecule has 4 rings (SSSR count). The maximum Gasteiger partial charge on any atom is 0.291 e. The van der Waals surface area contributed by atoms with Gasteiger partial charge in [0.1, 0.15) is 5.76 Å². The summed E-state index contributed by atoms with van der Waals surface area (Å²) in [5.41, 5.74) is 3.34. The average molecular weight is 324 g/mol. The van der Waals surface area contributed by atoms with Gasteiger partial charge in [0.25, 0.3) is 5.91 Å². The largest absolute Gasteiger partial charge is 0.454 e. The lowest BCUT2D eigenvalue weighted by Gasteiger charge is -2.03. The minimum absolute atomic E-state index is 0.269. The van der Waals surface area contributed by atoms with Gasteiger partial charge in [-0.1, -0.05) is 0 Å². The summed E-state index contributed by atoms with van der Waals surface area (Å²) in [4.78, 5) is 16.5. The Morgan fingerprint density at radius 3 is 3.13 bits per heavy atom. The van der Waals surface area contributed by atoms with Crippen molar-refractivity contribution in [2.24, 2.45) is 0 Å². The smallest absolute Gasteiger partial charge is 0.291 e. The van der Waals surface area contributed by atoms with Crippen LogP contribution in [0.2, 0.25) is 0 Å². The van der Waals surface area contributed by atoms with Crippen LogP contribution in [0.25, 0.3) is 10.2 Å². The van der Waals surface area contributed by atoms with E-state index in [-0.39, 0.29) is 11.7 Å². The van der Waals surface area contributed by atoms with Gasteiger partial charge in [0, 0.05) is 18.1 Å². The fraction of sp³-hybridized carbons (Fsp3) is 0.0625. The molecule has 0 saturated carbocycles. The number of aromatic nitrogens is 3. The van der Waals surface area contributed by atoms with Crippen molar-refractivity contribution in [1.29, 1.82) is 0 Å². The molecule has 1 N–H and O–H groups in total. The first-order chi connectivity index (χ1) is 11.3. The molecule has 0 atom stereocenters. The minimum atomic E-state index is -0.286. The molecule has 23 heavy (non-hydrogen) atoms. The van der Waals surface area contributed by atoms with Crippen molar-refractivity contribution in [2.45, 2.75) is 6.54 Å². The molecular weight excluding hydrogens is 312 g/mol. The maximum atomic E-state index is 12.3. The number of carbonyl (C=O) groups is 1. The van der Waals surface area contributed by atoms with E-state index in [2.05, 4.69) is 15.4 Å². The van der Waals surface area contributed by atoms with E-state index >= 15 is 0 Å². The van der Waals surface area contributed by atoms with E-state index < -0.39 is 0 Å². The molecule has 4 aromatic rings. The molecule has 1 amide bonds. The highest BCUT2D eigenvalue weighted by Gasteiger charge is 2.12. The third kappa shape index (κ3) is 2.86. The van der Waals surface area contributed by atoms with Crippen LogP contribution in [0, 0.1) is 0 Å². The van der Waals surface area contributed by atoms with E-state index in [1.807, 2.05) is 30.5 Å². The lowest BCUT2D eigenvalue weighted by molar-refractivity contribution is 0.0994. The van der Waals surface area contributed by atoms with Crippen molar-refractivity contribution in [3.63, 3.8) is 0 Å². The summed E-state index contributed by atoms with van der Waals surface area (Å²) in [6, 6.07) is 10.9. The number of nitrogens with zero attached hydrogens (tertiary/aromatic N) is 3.